The van der Waals surface area contributed by atoms with Crippen molar-refractivity contribution in [2.45, 2.75) is 38.1 Å². The Bertz CT molecular complexity index is 153. The van der Waals surface area contributed by atoms with Crippen LogP contribution in [0.4, 0.5) is 0 Å². The second-order valence-electron chi connectivity index (χ2n) is 3.21. The molecule has 1 N–H and O–H groups in total. The van der Waals surface area contributed by atoms with Crippen LogP contribution < -0.4 is 0 Å². The molecule has 0 aliphatic heterocycles. The molecule has 2 nitrogen and oxygen atoms in total. The fourth-order valence-electron chi connectivity index (χ4n) is 1.71. The van der Waals surface area contributed by atoms with Gasteiger partial charge in [0.05, 0.1) is 12.1 Å². The van der Waals surface area contributed by atoms with Gasteiger partial charge in [-0.1, -0.05) is 19.3 Å². The summed E-state index contributed by atoms with van der Waals surface area (Å²) in [6, 6.07) is 2.15. The molecule has 1 aliphatic rings. The molecule has 0 aromatic rings. The Hall–Kier alpha value is -0.620. The summed E-state index contributed by atoms with van der Waals surface area (Å²) in [5.74, 6) is 0.613. The van der Waals surface area contributed by atoms with Gasteiger partial charge < -0.3 is 0 Å². The molecule has 0 aromatic heterocycles. The maximum atomic E-state index is 6.70. The first-order valence-electron chi connectivity index (χ1n) is 4.29. The summed E-state index contributed by atoms with van der Waals surface area (Å²) in [5.41, 5.74) is 0. The third-order valence-corrected chi connectivity index (χ3v) is 2.42. The molecule has 0 heterocycles. The van der Waals surface area contributed by atoms with E-state index in [1.807, 2.05) is 0 Å². The third-order valence-electron chi connectivity index (χ3n) is 2.42. The molecular formula is C9H15N2. The molecular weight excluding hydrogens is 136 g/mol. The zero-order valence-electron chi connectivity index (χ0n) is 6.84. The maximum absolute atomic E-state index is 6.70. The normalized spacial score (nSPS) is 22.3. The van der Waals surface area contributed by atoms with Crippen LogP contribution in [-0.4, -0.2) is 12.1 Å². The van der Waals surface area contributed by atoms with Crippen LogP contribution in [0.5, 0.6) is 0 Å². The van der Waals surface area contributed by atoms with Crippen molar-refractivity contribution in [1.82, 2.24) is 0 Å². The second kappa shape index (κ2) is 4.30. The number of hydrogen-bond donors (Lipinski definition) is 1. The Morgan fingerprint density at radius 2 is 2.00 bits per heavy atom. The highest BCUT2D eigenvalue weighted by Crippen LogP contribution is 2.27. The zero-order valence-corrected chi connectivity index (χ0v) is 6.84. The van der Waals surface area contributed by atoms with E-state index in [0.717, 1.165) is 0 Å². The van der Waals surface area contributed by atoms with E-state index >= 15 is 0 Å². The van der Waals surface area contributed by atoms with E-state index < -0.39 is 0 Å². The molecule has 1 aliphatic carbocycles. The van der Waals surface area contributed by atoms with Crippen molar-refractivity contribution < 1.29 is 0 Å². The minimum atomic E-state index is 0.0767. The predicted molar refractivity (Wildman–Crippen MR) is 45.9 cm³/mol. The number of aliphatic imine (C=N–C) groups is 1. The Balaban J connectivity index is 2.38. The van der Waals surface area contributed by atoms with E-state index in [0.29, 0.717) is 5.92 Å². The van der Waals surface area contributed by atoms with Crippen LogP contribution in [-0.2, 0) is 0 Å². The minimum Gasteiger partial charge on any atom is -0.242 e. The van der Waals surface area contributed by atoms with Gasteiger partial charge in [0.1, 0.15) is 0 Å². The minimum absolute atomic E-state index is 0.0767. The molecule has 2 heteroatoms. The summed E-state index contributed by atoms with van der Waals surface area (Å²) in [6.45, 7) is 3.90. The van der Waals surface area contributed by atoms with Crippen molar-refractivity contribution in [3.8, 4) is 0 Å². The maximum Gasteiger partial charge on any atom is 0.0864 e. The smallest absolute Gasteiger partial charge is 0.0864 e. The highest BCUT2D eigenvalue weighted by molar-refractivity contribution is 5.36. The van der Waals surface area contributed by atoms with Crippen molar-refractivity contribution in [2.24, 2.45) is 10.9 Å². The molecule has 0 aromatic carbocycles. The zero-order chi connectivity index (χ0) is 8.10. The molecule has 1 atom stereocenters. The van der Waals surface area contributed by atoms with E-state index in [9.17, 15) is 0 Å². The summed E-state index contributed by atoms with van der Waals surface area (Å²) in [5, 5.41) is 6.70. The molecule has 61 valence electrons. The Morgan fingerprint density at radius 3 is 2.55 bits per heavy atom. The molecule has 0 saturated heterocycles. The molecule has 0 spiro atoms. The van der Waals surface area contributed by atoms with Gasteiger partial charge in [-0.05, 0) is 25.7 Å². The number of hydrogen-bond acceptors (Lipinski definition) is 2. The van der Waals surface area contributed by atoms with Crippen LogP contribution in [0.25, 0.3) is 0 Å². The molecule has 1 fully saturated rings. The van der Waals surface area contributed by atoms with Gasteiger partial charge in [0.15, 0.2) is 0 Å². The summed E-state index contributed by atoms with van der Waals surface area (Å²) in [6.07, 6.45) is 6.45. The summed E-state index contributed by atoms with van der Waals surface area (Å²) >= 11 is 0. The van der Waals surface area contributed by atoms with Gasteiger partial charge in [-0.25, -0.2) is 10.4 Å². The molecule has 0 bridgehead atoms. The van der Waals surface area contributed by atoms with Gasteiger partial charge in [-0.15, -0.1) is 0 Å². The monoisotopic (exact) mass is 151 g/mol. The van der Waals surface area contributed by atoms with Crippen LogP contribution >= 0.6 is 0 Å². The van der Waals surface area contributed by atoms with Gasteiger partial charge in [0.25, 0.3) is 0 Å². The third kappa shape index (κ3) is 2.47. The standard InChI is InChI=1S/C9H15N2/c1-8(11-7-10)9-5-3-2-4-6-9/h8-10H,1-6H2. The van der Waals surface area contributed by atoms with Gasteiger partial charge in [0.2, 0.25) is 0 Å². The molecule has 1 saturated carbocycles. The predicted octanol–water partition coefficient (Wildman–Crippen LogP) is 2.52. The topological polar surface area (TPSA) is 36.2 Å². The van der Waals surface area contributed by atoms with Crippen molar-refractivity contribution >= 4 is 6.01 Å². The lowest BCUT2D eigenvalue weighted by atomic mass is 9.85. The molecule has 1 radical (unpaired) electrons. The summed E-state index contributed by atoms with van der Waals surface area (Å²) in [4.78, 5) is 3.85. The number of nitrogens with zero attached hydrogens (tertiary/aromatic N) is 1. The lowest BCUT2D eigenvalue weighted by molar-refractivity contribution is 0.332. The fourth-order valence-corrected chi connectivity index (χ4v) is 1.71. The average Bonchev–Trinajstić information content (AvgIpc) is 2.07. The van der Waals surface area contributed by atoms with E-state index in [4.69, 9.17) is 5.41 Å². The van der Waals surface area contributed by atoms with Crippen molar-refractivity contribution in [2.75, 3.05) is 0 Å². The van der Waals surface area contributed by atoms with Gasteiger partial charge in [-0.2, -0.15) is 0 Å². The first-order chi connectivity index (χ1) is 5.34. The highest BCUT2D eigenvalue weighted by atomic mass is 14.8. The van der Waals surface area contributed by atoms with Gasteiger partial charge in [0, 0.05) is 0 Å². The first kappa shape index (κ1) is 8.48. The van der Waals surface area contributed by atoms with Crippen LogP contribution in [0, 0.1) is 18.3 Å². The van der Waals surface area contributed by atoms with Gasteiger partial charge in [-0.3, -0.25) is 0 Å². The van der Waals surface area contributed by atoms with Crippen LogP contribution in [0.15, 0.2) is 4.99 Å². The van der Waals surface area contributed by atoms with Crippen LogP contribution in [0.1, 0.15) is 32.1 Å². The Kier molecular flexibility index (Phi) is 3.31. The van der Waals surface area contributed by atoms with Crippen LogP contribution in [0.3, 0.4) is 0 Å². The quantitative estimate of drug-likeness (QED) is 0.589. The molecule has 11 heavy (non-hydrogen) atoms. The highest BCUT2D eigenvalue weighted by Gasteiger charge is 2.18. The molecule has 1 unspecified atom stereocenters. The fraction of sp³-hybridized carbons (Fsp3) is 0.778. The molecule has 1 rings (SSSR count). The first-order valence-corrected chi connectivity index (χ1v) is 4.29. The number of rotatable bonds is 2. The SMILES string of the molecule is [CH2]C(N=C=N)C1CCCCC1. The summed E-state index contributed by atoms with van der Waals surface area (Å²) in [7, 11) is 0. The van der Waals surface area contributed by atoms with E-state index in [1.165, 1.54) is 32.1 Å². The van der Waals surface area contributed by atoms with Crippen molar-refractivity contribution in [3.63, 3.8) is 0 Å². The summed E-state index contributed by atoms with van der Waals surface area (Å²) < 4.78 is 0. The van der Waals surface area contributed by atoms with E-state index in [1.54, 1.807) is 0 Å². The van der Waals surface area contributed by atoms with Crippen LogP contribution in [0.2, 0.25) is 0 Å². The van der Waals surface area contributed by atoms with Gasteiger partial charge >= 0.3 is 0 Å². The Morgan fingerprint density at radius 1 is 1.36 bits per heavy atom. The van der Waals surface area contributed by atoms with Crippen molar-refractivity contribution in [1.29, 1.82) is 5.41 Å². The number of nitrogens with one attached hydrogen (secondary N) is 1. The Labute approximate surface area is 68.2 Å². The lowest BCUT2D eigenvalue weighted by Crippen LogP contribution is -2.18. The van der Waals surface area contributed by atoms with Crippen molar-refractivity contribution in [3.05, 3.63) is 6.92 Å². The lowest BCUT2D eigenvalue weighted by Gasteiger charge is -2.23. The second-order valence-corrected chi connectivity index (χ2v) is 3.21. The average molecular weight is 151 g/mol. The van der Waals surface area contributed by atoms with E-state index in [2.05, 4.69) is 17.9 Å². The molecule has 0 amide bonds. The van der Waals surface area contributed by atoms with E-state index in [-0.39, 0.29) is 6.04 Å². The largest absolute Gasteiger partial charge is 0.242 e.